The molecule has 1 spiro atoms. The zero-order valence-corrected chi connectivity index (χ0v) is 36.2. The third kappa shape index (κ3) is 8.18. The molecular formula is C48H59FN10O5. The molecule has 6 aliphatic rings. The second-order valence-corrected chi connectivity index (χ2v) is 18.4. The summed E-state index contributed by atoms with van der Waals surface area (Å²) in [6, 6.07) is 20.6. The summed E-state index contributed by atoms with van der Waals surface area (Å²) in [6.45, 7) is 7.37. The normalized spacial score (nSPS) is 23.6. The van der Waals surface area contributed by atoms with E-state index in [0.717, 1.165) is 93.5 Å². The number of aromatic hydroxyl groups is 1. The quantitative estimate of drug-likeness (QED) is 0.143. The molecule has 3 amide bonds. The van der Waals surface area contributed by atoms with Crippen molar-refractivity contribution < 1.29 is 28.6 Å². The monoisotopic (exact) mass is 874 g/mol. The van der Waals surface area contributed by atoms with Crippen LogP contribution in [0.4, 0.5) is 26.2 Å². The minimum atomic E-state index is -0.560. The van der Waals surface area contributed by atoms with Gasteiger partial charge in [0.15, 0.2) is 5.79 Å². The Balaban J connectivity index is 0.703. The van der Waals surface area contributed by atoms with Crippen molar-refractivity contribution >= 4 is 45.6 Å². The first-order valence-electron chi connectivity index (χ1n) is 22.8. The Hall–Kier alpha value is -5.97. The van der Waals surface area contributed by atoms with Gasteiger partial charge in [-0.25, -0.2) is 9.18 Å². The van der Waals surface area contributed by atoms with Crippen molar-refractivity contribution in [1.29, 1.82) is 0 Å². The van der Waals surface area contributed by atoms with E-state index in [1.807, 2.05) is 36.4 Å². The molecule has 10 rings (SSSR count). The van der Waals surface area contributed by atoms with E-state index >= 15 is 4.39 Å². The number of nitrogens with zero attached hydrogens (tertiary/aromatic N) is 6. The van der Waals surface area contributed by atoms with Gasteiger partial charge >= 0.3 is 6.03 Å². The summed E-state index contributed by atoms with van der Waals surface area (Å²) in [6.07, 6.45) is 9.78. The van der Waals surface area contributed by atoms with E-state index in [1.165, 1.54) is 0 Å². The number of urea groups is 1. The first kappa shape index (κ1) is 42.0. The number of piperidine rings is 2. The number of nitrogens with two attached hydrogens (primary N) is 3. The highest BCUT2D eigenvalue weighted by Crippen LogP contribution is 2.40. The number of imide groups is 1. The number of allylic oxidation sites excluding steroid dienone is 1. The molecule has 1 aromatic heterocycles. The molecule has 0 aliphatic carbocycles. The molecule has 6 fully saturated rings. The summed E-state index contributed by atoms with van der Waals surface area (Å²) in [4.78, 5) is 35.1. The number of phenols is 1. The number of phenolic OH excluding ortho intramolecular Hbond substituents is 1. The van der Waals surface area contributed by atoms with Crippen molar-refractivity contribution in [3.8, 4) is 5.75 Å². The van der Waals surface area contributed by atoms with Crippen LogP contribution in [0, 0.1) is 11.7 Å². The van der Waals surface area contributed by atoms with Crippen molar-refractivity contribution in [3.05, 3.63) is 102 Å². The Kier molecular flexibility index (Phi) is 11.3. The number of hydrogen-bond donors (Lipinski definition) is 5. The van der Waals surface area contributed by atoms with Crippen molar-refractivity contribution in [1.82, 2.24) is 19.7 Å². The molecule has 338 valence electrons. The Morgan fingerprint density at radius 1 is 0.844 bits per heavy atom. The van der Waals surface area contributed by atoms with Crippen LogP contribution in [0.5, 0.6) is 5.75 Å². The molecule has 8 N–H and O–H groups in total. The summed E-state index contributed by atoms with van der Waals surface area (Å²) in [7, 11) is 0. The van der Waals surface area contributed by atoms with Gasteiger partial charge in [0.25, 0.3) is 0 Å². The van der Waals surface area contributed by atoms with Crippen LogP contribution in [0.15, 0.2) is 90.5 Å². The van der Waals surface area contributed by atoms with E-state index in [2.05, 4.69) is 41.7 Å². The number of rotatable bonds is 9. The van der Waals surface area contributed by atoms with Crippen LogP contribution in [0.1, 0.15) is 56.6 Å². The number of aromatic nitrogens is 1. The number of amides is 3. The number of carbonyl (C=O) groups excluding carboxylic acids is 2. The van der Waals surface area contributed by atoms with E-state index < -0.39 is 5.79 Å². The maximum atomic E-state index is 15.6. The molecule has 16 heteroatoms. The number of nitrogens with one attached hydrogen (secondary N) is 1. The second-order valence-electron chi connectivity index (χ2n) is 18.4. The van der Waals surface area contributed by atoms with Crippen LogP contribution in [-0.4, -0.2) is 115 Å². The van der Waals surface area contributed by atoms with Crippen molar-refractivity contribution in [2.75, 3.05) is 80.3 Å². The Labute approximate surface area is 372 Å². The largest absolute Gasteiger partial charge is 0.507 e. The number of piperazine rings is 1. The molecule has 0 saturated carbocycles. The fraction of sp³-hybridized carbons (Fsp3) is 0.458. The summed E-state index contributed by atoms with van der Waals surface area (Å²) in [5.74, 6) is -0.173. The van der Waals surface area contributed by atoms with E-state index in [-0.39, 0.29) is 53.9 Å². The maximum Gasteiger partial charge on any atom is 0.328 e. The average Bonchev–Trinajstić information content (AvgIpc) is 3.83. The molecule has 64 heavy (non-hydrogen) atoms. The van der Waals surface area contributed by atoms with Gasteiger partial charge in [-0.1, -0.05) is 12.1 Å². The van der Waals surface area contributed by atoms with Gasteiger partial charge in [-0.15, -0.1) is 0 Å². The number of likely N-dealkylation sites (tertiary alicyclic amines) is 2. The third-order valence-corrected chi connectivity index (χ3v) is 14.5. The summed E-state index contributed by atoms with van der Waals surface area (Å²) >= 11 is 0. The summed E-state index contributed by atoms with van der Waals surface area (Å²) in [5.41, 5.74) is 24.0. The van der Waals surface area contributed by atoms with E-state index in [4.69, 9.17) is 26.7 Å². The highest BCUT2D eigenvalue weighted by molar-refractivity contribution is 6.06. The van der Waals surface area contributed by atoms with Crippen molar-refractivity contribution in [2.45, 2.75) is 68.9 Å². The predicted octanol–water partition coefficient (Wildman–Crippen LogP) is 4.97. The van der Waals surface area contributed by atoms with Crippen LogP contribution in [0.25, 0.3) is 16.6 Å². The standard InChI is InChI=1S/C48H59FN10O5/c49-39-9-7-34(59-35-5-6-36(59)28-56(27-35)43(46(51)52)25-40(50)38-3-1-2-4-44(38)60)24-42(39)55-17-11-31(12-18-55)26-54-21-15-48(16-22-54)63-29-37(30-64-48)57-19-13-32-23-33(8-10-41(32)57)58-20-14-45(61)53-47(58)62/h1-4,7-10,13,19,23-25,31,35-37,60H,5-6,11-12,14-18,20-22,26-30,50-52H2,(H,53,61,62)/b40-25-. The number of fused-ring (bicyclic) bond motifs is 3. The molecule has 3 aromatic carbocycles. The van der Waals surface area contributed by atoms with Gasteiger partial charge in [-0.3, -0.25) is 15.0 Å². The van der Waals surface area contributed by atoms with Crippen molar-refractivity contribution in [3.63, 3.8) is 0 Å². The van der Waals surface area contributed by atoms with Gasteiger partial charge in [0.05, 0.1) is 30.6 Å². The van der Waals surface area contributed by atoms with Crippen molar-refractivity contribution in [2.24, 2.45) is 23.1 Å². The summed E-state index contributed by atoms with van der Waals surface area (Å²) < 4.78 is 30.9. The molecule has 7 heterocycles. The minimum Gasteiger partial charge on any atom is -0.507 e. The molecule has 6 saturated heterocycles. The Bertz CT molecular complexity index is 2450. The smallest absolute Gasteiger partial charge is 0.328 e. The predicted molar refractivity (Wildman–Crippen MR) is 245 cm³/mol. The second kappa shape index (κ2) is 17.2. The number of ether oxygens (including phenoxy) is 2. The number of para-hydroxylation sites is 1. The van der Waals surface area contributed by atoms with Gasteiger partial charge in [0.2, 0.25) is 5.91 Å². The number of halogens is 1. The van der Waals surface area contributed by atoms with Gasteiger partial charge in [-0.05, 0) is 92.3 Å². The van der Waals surface area contributed by atoms with Gasteiger partial charge in [-0.2, -0.15) is 0 Å². The van der Waals surface area contributed by atoms with Crippen LogP contribution in [0.2, 0.25) is 0 Å². The molecule has 4 aromatic rings. The first-order valence-corrected chi connectivity index (χ1v) is 22.8. The van der Waals surface area contributed by atoms with Crippen LogP contribution in [0.3, 0.4) is 0 Å². The van der Waals surface area contributed by atoms with E-state index in [0.29, 0.717) is 61.4 Å². The minimum absolute atomic E-state index is 0.0386. The highest BCUT2D eigenvalue weighted by Gasteiger charge is 2.43. The Morgan fingerprint density at radius 3 is 2.27 bits per heavy atom. The molecule has 2 atom stereocenters. The lowest BCUT2D eigenvalue weighted by molar-refractivity contribution is -0.295. The fourth-order valence-corrected chi connectivity index (χ4v) is 11.0. The molecule has 2 bridgehead atoms. The Morgan fingerprint density at radius 2 is 1.56 bits per heavy atom. The number of benzene rings is 3. The van der Waals surface area contributed by atoms with Crippen LogP contribution < -0.4 is 37.2 Å². The number of hydrogen-bond acceptors (Lipinski definition) is 12. The third-order valence-electron chi connectivity index (χ3n) is 14.5. The fourth-order valence-electron chi connectivity index (χ4n) is 11.0. The molecule has 0 radical (unpaired) electrons. The zero-order chi connectivity index (χ0) is 44.1. The lowest BCUT2D eigenvalue weighted by atomic mass is 9.94. The van der Waals surface area contributed by atoms with Crippen LogP contribution in [-0.2, 0) is 14.3 Å². The topological polar surface area (TPSA) is 184 Å². The lowest BCUT2D eigenvalue weighted by Gasteiger charge is -2.46. The maximum absolute atomic E-state index is 15.6. The highest BCUT2D eigenvalue weighted by atomic mass is 19.1. The van der Waals surface area contributed by atoms with Gasteiger partial charge in [0.1, 0.15) is 17.4 Å². The van der Waals surface area contributed by atoms with Gasteiger partial charge < -0.3 is 55.9 Å². The molecular weight excluding hydrogens is 816 g/mol. The molecule has 6 aliphatic heterocycles. The van der Waals surface area contributed by atoms with E-state index in [9.17, 15) is 14.7 Å². The zero-order valence-electron chi connectivity index (χ0n) is 36.2. The average molecular weight is 875 g/mol. The molecule has 2 unspecified atom stereocenters. The number of carbonyl (C=O) groups is 2. The van der Waals surface area contributed by atoms with E-state index in [1.54, 1.807) is 35.2 Å². The number of anilines is 3. The van der Waals surface area contributed by atoms with Crippen LogP contribution >= 0.6 is 0 Å². The van der Waals surface area contributed by atoms with Gasteiger partial charge in [0, 0.05) is 123 Å². The lowest BCUT2D eigenvalue weighted by Crippen LogP contribution is -2.54. The SMILES string of the molecule is NC(N)=C(/C=C(\N)c1ccccc1O)N1CC2CCC(C1)N2c1ccc(F)c(N2CCC(CN3CCC4(CC3)OCC(n3ccc5cc(N6CCC(=O)NC6=O)ccc53)CO4)CC2)c1. The molecule has 15 nitrogen and oxygen atoms in total. The first-order chi connectivity index (χ1) is 31.0. The summed E-state index contributed by atoms with van der Waals surface area (Å²) in [5, 5.41) is 13.8.